The standard InChI is InChI=1S/C20H23BrN2O3/c1-2-3-4-7-12-26-18-11-10-14(21)13-16(18)20(25)23-17-9-6-5-8-15(17)19(22)24/h5-6,8-11,13H,2-4,7,12H2,1H3,(H2,22,24)(H,23,25). The first kappa shape index (κ1) is 20.0. The van der Waals surface area contributed by atoms with Crippen LogP contribution in [0.25, 0.3) is 0 Å². The summed E-state index contributed by atoms with van der Waals surface area (Å²) >= 11 is 3.38. The number of carbonyl (C=O) groups excluding carboxylic acids is 2. The van der Waals surface area contributed by atoms with Crippen LogP contribution in [-0.2, 0) is 0 Å². The van der Waals surface area contributed by atoms with Crippen LogP contribution >= 0.6 is 15.9 Å². The zero-order valence-corrected chi connectivity index (χ0v) is 16.3. The number of unbranched alkanes of at least 4 members (excludes halogenated alkanes) is 3. The number of carbonyl (C=O) groups is 2. The molecule has 2 amide bonds. The van der Waals surface area contributed by atoms with Gasteiger partial charge in [0.15, 0.2) is 0 Å². The number of amides is 2. The van der Waals surface area contributed by atoms with Gasteiger partial charge in [-0.1, -0.05) is 54.2 Å². The molecule has 2 aromatic rings. The van der Waals surface area contributed by atoms with Crippen molar-refractivity contribution in [2.24, 2.45) is 5.73 Å². The Kier molecular flexibility index (Phi) is 7.66. The monoisotopic (exact) mass is 418 g/mol. The fourth-order valence-electron chi connectivity index (χ4n) is 2.51. The van der Waals surface area contributed by atoms with E-state index in [0.29, 0.717) is 23.6 Å². The van der Waals surface area contributed by atoms with Crippen LogP contribution in [0.2, 0.25) is 0 Å². The molecule has 0 aliphatic heterocycles. The summed E-state index contributed by atoms with van der Waals surface area (Å²) in [6, 6.07) is 11.9. The molecule has 2 rings (SSSR count). The second-order valence-electron chi connectivity index (χ2n) is 5.91. The van der Waals surface area contributed by atoms with E-state index in [1.54, 1.807) is 36.4 Å². The normalized spacial score (nSPS) is 10.4. The Labute approximate surface area is 162 Å². The molecule has 0 radical (unpaired) electrons. The maximum atomic E-state index is 12.7. The predicted octanol–water partition coefficient (Wildman–Crippen LogP) is 4.76. The number of anilines is 1. The molecule has 5 nitrogen and oxygen atoms in total. The lowest BCUT2D eigenvalue weighted by molar-refractivity contribution is 0.100. The Morgan fingerprint density at radius 3 is 2.58 bits per heavy atom. The van der Waals surface area contributed by atoms with Crippen molar-refractivity contribution in [3.8, 4) is 5.75 Å². The predicted molar refractivity (Wildman–Crippen MR) is 107 cm³/mol. The first-order chi connectivity index (χ1) is 12.5. The molecule has 0 fully saturated rings. The van der Waals surface area contributed by atoms with Gasteiger partial charge in [-0.05, 0) is 36.8 Å². The molecule has 0 saturated carbocycles. The summed E-state index contributed by atoms with van der Waals surface area (Å²) in [5.41, 5.74) is 6.40. The van der Waals surface area contributed by atoms with Crippen molar-refractivity contribution in [2.75, 3.05) is 11.9 Å². The van der Waals surface area contributed by atoms with Gasteiger partial charge in [0.05, 0.1) is 23.4 Å². The molecule has 26 heavy (non-hydrogen) atoms. The average molecular weight is 419 g/mol. The molecule has 2 aromatic carbocycles. The fourth-order valence-corrected chi connectivity index (χ4v) is 2.87. The number of primary amides is 1. The maximum absolute atomic E-state index is 12.7. The highest BCUT2D eigenvalue weighted by molar-refractivity contribution is 9.10. The van der Waals surface area contributed by atoms with Crippen LogP contribution in [0.1, 0.15) is 53.3 Å². The van der Waals surface area contributed by atoms with Crippen LogP contribution in [0, 0.1) is 0 Å². The summed E-state index contributed by atoms with van der Waals surface area (Å²) in [6.45, 7) is 2.71. The third-order valence-electron chi connectivity index (χ3n) is 3.88. The van der Waals surface area contributed by atoms with Crippen molar-refractivity contribution in [3.05, 3.63) is 58.1 Å². The van der Waals surface area contributed by atoms with E-state index in [1.165, 1.54) is 6.42 Å². The third-order valence-corrected chi connectivity index (χ3v) is 4.38. The van der Waals surface area contributed by atoms with Crippen molar-refractivity contribution in [1.29, 1.82) is 0 Å². The molecule has 0 unspecified atom stereocenters. The molecular formula is C20H23BrN2O3. The van der Waals surface area contributed by atoms with Crippen molar-refractivity contribution < 1.29 is 14.3 Å². The Balaban J connectivity index is 2.15. The topological polar surface area (TPSA) is 81.4 Å². The van der Waals surface area contributed by atoms with E-state index in [2.05, 4.69) is 28.2 Å². The largest absolute Gasteiger partial charge is 0.493 e. The minimum atomic E-state index is -0.595. The quantitative estimate of drug-likeness (QED) is 0.575. The van der Waals surface area contributed by atoms with Crippen LogP contribution in [0.5, 0.6) is 5.75 Å². The highest BCUT2D eigenvalue weighted by atomic mass is 79.9. The number of benzene rings is 2. The molecule has 0 aliphatic carbocycles. The lowest BCUT2D eigenvalue weighted by Gasteiger charge is -2.13. The second-order valence-corrected chi connectivity index (χ2v) is 6.83. The molecular weight excluding hydrogens is 396 g/mol. The van der Waals surface area contributed by atoms with Crippen molar-refractivity contribution >= 4 is 33.4 Å². The number of rotatable bonds is 9. The summed E-state index contributed by atoms with van der Waals surface area (Å²) in [6.07, 6.45) is 4.36. The molecule has 0 heterocycles. The van der Waals surface area contributed by atoms with Crippen molar-refractivity contribution in [3.63, 3.8) is 0 Å². The molecule has 0 aliphatic rings. The molecule has 138 valence electrons. The Bertz CT molecular complexity index is 777. The van der Waals surface area contributed by atoms with Gasteiger partial charge in [-0.15, -0.1) is 0 Å². The second kappa shape index (κ2) is 9.97. The van der Waals surface area contributed by atoms with Crippen LogP contribution in [0.4, 0.5) is 5.69 Å². The highest BCUT2D eigenvalue weighted by Crippen LogP contribution is 2.25. The summed E-state index contributed by atoms with van der Waals surface area (Å²) in [5, 5.41) is 2.75. The molecule has 0 aromatic heterocycles. The lowest BCUT2D eigenvalue weighted by Crippen LogP contribution is -2.19. The fraction of sp³-hybridized carbons (Fsp3) is 0.300. The summed E-state index contributed by atoms with van der Waals surface area (Å²) in [7, 11) is 0. The van der Waals surface area contributed by atoms with Gasteiger partial charge in [0.25, 0.3) is 11.8 Å². The summed E-state index contributed by atoms with van der Waals surface area (Å²) < 4.78 is 6.57. The van der Waals surface area contributed by atoms with E-state index in [1.807, 2.05) is 6.07 Å². The number of hydrogen-bond acceptors (Lipinski definition) is 3. The van der Waals surface area contributed by atoms with E-state index in [-0.39, 0.29) is 11.5 Å². The number of para-hydroxylation sites is 1. The number of hydrogen-bond donors (Lipinski definition) is 2. The smallest absolute Gasteiger partial charge is 0.259 e. The van der Waals surface area contributed by atoms with Crippen LogP contribution in [0.15, 0.2) is 46.9 Å². The first-order valence-corrected chi connectivity index (χ1v) is 9.44. The van der Waals surface area contributed by atoms with Gasteiger partial charge in [0, 0.05) is 4.47 Å². The van der Waals surface area contributed by atoms with Crippen molar-refractivity contribution in [2.45, 2.75) is 32.6 Å². The average Bonchev–Trinajstić information content (AvgIpc) is 2.62. The highest BCUT2D eigenvalue weighted by Gasteiger charge is 2.16. The van der Waals surface area contributed by atoms with E-state index in [9.17, 15) is 9.59 Å². The van der Waals surface area contributed by atoms with Gasteiger partial charge >= 0.3 is 0 Å². The van der Waals surface area contributed by atoms with E-state index >= 15 is 0 Å². The number of ether oxygens (including phenoxy) is 1. The van der Waals surface area contributed by atoms with E-state index in [4.69, 9.17) is 10.5 Å². The number of nitrogens with one attached hydrogen (secondary N) is 1. The summed E-state index contributed by atoms with van der Waals surface area (Å²) in [4.78, 5) is 24.3. The maximum Gasteiger partial charge on any atom is 0.259 e. The van der Waals surface area contributed by atoms with Gasteiger partial charge in [0.1, 0.15) is 5.75 Å². The van der Waals surface area contributed by atoms with Crippen molar-refractivity contribution in [1.82, 2.24) is 0 Å². The van der Waals surface area contributed by atoms with Crippen LogP contribution in [-0.4, -0.2) is 18.4 Å². The third kappa shape index (κ3) is 5.59. The van der Waals surface area contributed by atoms with Crippen LogP contribution in [0.3, 0.4) is 0 Å². The van der Waals surface area contributed by atoms with Gasteiger partial charge in [-0.2, -0.15) is 0 Å². The first-order valence-electron chi connectivity index (χ1n) is 8.65. The zero-order valence-electron chi connectivity index (χ0n) is 14.8. The Hall–Kier alpha value is -2.34. The van der Waals surface area contributed by atoms with Crippen LogP contribution < -0.4 is 15.8 Å². The lowest BCUT2D eigenvalue weighted by atomic mass is 10.1. The molecule has 6 heteroatoms. The number of nitrogens with two attached hydrogens (primary N) is 1. The van der Waals surface area contributed by atoms with Gasteiger partial charge in [0.2, 0.25) is 0 Å². The van der Waals surface area contributed by atoms with Gasteiger partial charge in [-0.25, -0.2) is 0 Å². The Morgan fingerprint density at radius 2 is 1.85 bits per heavy atom. The van der Waals surface area contributed by atoms with Gasteiger partial charge < -0.3 is 15.8 Å². The number of halogens is 1. The zero-order chi connectivity index (χ0) is 18.9. The SMILES string of the molecule is CCCCCCOc1ccc(Br)cc1C(=O)Nc1ccccc1C(N)=O. The summed E-state index contributed by atoms with van der Waals surface area (Å²) in [5.74, 6) is -0.440. The minimum Gasteiger partial charge on any atom is -0.493 e. The minimum absolute atomic E-state index is 0.262. The van der Waals surface area contributed by atoms with Gasteiger partial charge in [-0.3, -0.25) is 9.59 Å². The Morgan fingerprint density at radius 1 is 1.08 bits per heavy atom. The van der Waals surface area contributed by atoms with E-state index in [0.717, 1.165) is 23.7 Å². The molecule has 0 atom stereocenters. The van der Waals surface area contributed by atoms with E-state index < -0.39 is 5.91 Å². The molecule has 3 N–H and O–H groups in total. The molecule has 0 saturated heterocycles. The molecule has 0 spiro atoms. The molecule has 0 bridgehead atoms.